The first-order valence-electron chi connectivity index (χ1n) is 7.14. The summed E-state index contributed by atoms with van der Waals surface area (Å²) in [6.45, 7) is 3.10. The van der Waals surface area contributed by atoms with Crippen LogP contribution < -0.4 is 16.6 Å². The summed E-state index contributed by atoms with van der Waals surface area (Å²) in [6, 6.07) is 0.564. The molecule has 1 saturated carbocycles. The van der Waals surface area contributed by atoms with Crippen molar-refractivity contribution in [2.24, 2.45) is 10.8 Å². The Kier molecular flexibility index (Phi) is 7.80. The lowest BCUT2D eigenvalue weighted by atomic mass is 9.96. The van der Waals surface area contributed by atoms with Gasteiger partial charge in [0, 0.05) is 12.6 Å². The lowest BCUT2D eigenvalue weighted by Gasteiger charge is -2.24. The van der Waals surface area contributed by atoms with Crippen LogP contribution in [0.3, 0.4) is 0 Å². The van der Waals surface area contributed by atoms with Gasteiger partial charge in [-0.1, -0.05) is 45.4 Å². The van der Waals surface area contributed by atoms with Crippen LogP contribution in [0.4, 0.5) is 0 Å². The van der Waals surface area contributed by atoms with Gasteiger partial charge in [0.15, 0.2) is 0 Å². The van der Waals surface area contributed by atoms with E-state index in [1.165, 1.54) is 51.4 Å². The summed E-state index contributed by atoms with van der Waals surface area (Å²) in [5.41, 5.74) is 2.68. The summed E-state index contributed by atoms with van der Waals surface area (Å²) >= 11 is 0. The second-order valence-corrected chi connectivity index (χ2v) is 4.91. The molecule has 0 bridgehead atoms. The van der Waals surface area contributed by atoms with Crippen molar-refractivity contribution in [1.29, 1.82) is 0 Å². The van der Waals surface area contributed by atoms with E-state index >= 15 is 0 Å². The summed E-state index contributed by atoms with van der Waals surface area (Å²) in [4.78, 5) is 4.48. The molecule has 0 heterocycles. The Morgan fingerprint density at radius 2 is 1.94 bits per heavy atom. The van der Waals surface area contributed by atoms with E-state index in [-0.39, 0.29) is 0 Å². The number of nitrogens with one attached hydrogen (secondary N) is 2. The number of hydrogen-bond donors (Lipinski definition) is 3. The van der Waals surface area contributed by atoms with Gasteiger partial charge < -0.3 is 5.32 Å². The van der Waals surface area contributed by atoms with Crippen molar-refractivity contribution in [3.05, 3.63) is 0 Å². The standard InChI is InChI=1S/C13H28N4/c1-2-3-4-8-11-15-13(17-14)16-12-9-6-5-7-10-12/h12H,2-11,14H2,1H3,(H2,15,16,17). The molecule has 4 heteroatoms. The van der Waals surface area contributed by atoms with E-state index in [2.05, 4.69) is 22.7 Å². The average molecular weight is 240 g/mol. The van der Waals surface area contributed by atoms with Crippen LogP contribution in [0.2, 0.25) is 0 Å². The fraction of sp³-hybridized carbons (Fsp3) is 0.923. The molecule has 0 atom stereocenters. The van der Waals surface area contributed by atoms with Crippen LogP contribution >= 0.6 is 0 Å². The maximum absolute atomic E-state index is 5.49. The van der Waals surface area contributed by atoms with Crippen molar-refractivity contribution >= 4 is 5.96 Å². The molecule has 0 saturated heterocycles. The van der Waals surface area contributed by atoms with Crippen LogP contribution in [0, 0.1) is 0 Å². The van der Waals surface area contributed by atoms with Gasteiger partial charge in [-0.2, -0.15) is 0 Å². The van der Waals surface area contributed by atoms with Crippen molar-refractivity contribution in [3.8, 4) is 0 Å². The second-order valence-electron chi connectivity index (χ2n) is 4.91. The number of unbranched alkanes of at least 4 members (excludes halogenated alkanes) is 3. The minimum Gasteiger partial charge on any atom is -0.353 e. The van der Waals surface area contributed by atoms with Crippen molar-refractivity contribution in [3.63, 3.8) is 0 Å². The Hall–Kier alpha value is -0.770. The van der Waals surface area contributed by atoms with Gasteiger partial charge in [0.25, 0.3) is 0 Å². The number of guanidine groups is 1. The molecule has 4 nitrogen and oxygen atoms in total. The van der Waals surface area contributed by atoms with Crippen molar-refractivity contribution in [2.45, 2.75) is 70.8 Å². The first kappa shape index (κ1) is 14.3. The number of hydrazine groups is 1. The number of rotatable bonds is 6. The Bertz CT molecular complexity index is 209. The van der Waals surface area contributed by atoms with E-state index in [1.54, 1.807) is 0 Å². The van der Waals surface area contributed by atoms with Gasteiger partial charge in [0.1, 0.15) is 0 Å². The molecule has 1 rings (SSSR count). The van der Waals surface area contributed by atoms with Gasteiger partial charge in [-0.3, -0.25) is 10.4 Å². The molecule has 0 unspecified atom stereocenters. The monoisotopic (exact) mass is 240 g/mol. The molecule has 0 aromatic heterocycles. The van der Waals surface area contributed by atoms with E-state index < -0.39 is 0 Å². The van der Waals surface area contributed by atoms with Gasteiger partial charge in [0.2, 0.25) is 5.96 Å². The highest BCUT2D eigenvalue weighted by Gasteiger charge is 2.13. The molecule has 0 spiro atoms. The fourth-order valence-corrected chi connectivity index (χ4v) is 2.30. The van der Waals surface area contributed by atoms with Crippen molar-refractivity contribution in [2.75, 3.05) is 6.54 Å². The summed E-state index contributed by atoms with van der Waals surface area (Å²) in [5.74, 6) is 6.26. The number of nitrogens with zero attached hydrogens (tertiary/aromatic N) is 1. The maximum Gasteiger partial charge on any atom is 0.205 e. The third kappa shape index (κ3) is 6.51. The first-order chi connectivity index (χ1) is 8.36. The molecular weight excluding hydrogens is 212 g/mol. The van der Waals surface area contributed by atoms with E-state index in [9.17, 15) is 0 Å². The Labute approximate surface area is 105 Å². The molecule has 100 valence electrons. The molecule has 0 radical (unpaired) electrons. The summed E-state index contributed by atoms with van der Waals surface area (Å²) in [5, 5.41) is 3.41. The zero-order chi connectivity index (χ0) is 12.3. The van der Waals surface area contributed by atoms with Gasteiger partial charge in [-0.05, 0) is 19.3 Å². The highest BCUT2D eigenvalue weighted by Crippen LogP contribution is 2.17. The van der Waals surface area contributed by atoms with E-state index in [0.29, 0.717) is 6.04 Å². The largest absolute Gasteiger partial charge is 0.353 e. The molecule has 0 amide bonds. The van der Waals surface area contributed by atoms with Gasteiger partial charge in [-0.15, -0.1) is 0 Å². The normalized spacial score (nSPS) is 18.1. The number of aliphatic imine (C=N–C) groups is 1. The minimum absolute atomic E-state index is 0.564. The van der Waals surface area contributed by atoms with Crippen LogP contribution in [0.25, 0.3) is 0 Å². The average Bonchev–Trinajstić information content (AvgIpc) is 2.38. The third-order valence-electron chi connectivity index (χ3n) is 3.36. The SMILES string of the molecule is CCCCCCN=C(NN)NC1CCCCC1. The molecular formula is C13H28N4. The lowest BCUT2D eigenvalue weighted by Crippen LogP contribution is -2.47. The van der Waals surface area contributed by atoms with Crippen molar-refractivity contribution < 1.29 is 0 Å². The molecule has 0 aromatic carbocycles. The lowest BCUT2D eigenvalue weighted by molar-refractivity contribution is 0.410. The predicted octanol–water partition coefficient (Wildman–Crippen LogP) is 2.31. The topological polar surface area (TPSA) is 62.4 Å². The molecule has 17 heavy (non-hydrogen) atoms. The molecule has 1 aliphatic rings. The molecule has 1 fully saturated rings. The summed E-state index contributed by atoms with van der Waals surface area (Å²) < 4.78 is 0. The van der Waals surface area contributed by atoms with Gasteiger partial charge in [-0.25, -0.2) is 5.84 Å². The molecule has 0 aliphatic heterocycles. The molecule has 0 aromatic rings. The highest BCUT2D eigenvalue weighted by molar-refractivity contribution is 5.79. The molecule has 4 N–H and O–H groups in total. The maximum atomic E-state index is 5.49. The van der Waals surface area contributed by atoms with Crippen molar-refractivity contribution in [1.82, 2.24) is 10.7 Å². The van der Waals surface area contributed by atoms with Gasteiger partial charge >= 0.3 is 0 Å². The van der Waals surface area contributed by atoms with Crippen LogP contribution in [0.1, 0.15) is 64.7 Å². The third-order valence-corrected chi connectivity index (χ3v) is 3.36. The Morgan fingerprint density at radius 1 is 1.18 bits per heavy atom. The Morgan fingerprint density at radius 3 is 2.59 bits per heavy atom. The first-order valence-corrected chi connectivity index (χ1v) is 7.14. The van der Waals surface area contributed by atoms with Crippen LogP contribution in [-0.4, -0.2) is 18.5 Å². The quantitative estimate of drug-likeness (QED) is 0.219. The minimum atomic E-state index is 0.564. The fourth-order valence-electron chi connectivity index (χ4n) is 2.30. The predicted molar refractivity (Wildman–Crippen MR) is 73.8 cm³/mol. The van der Waals surface area contributed by atoms with E-state index in [4.69, 9.17) is 5.84 Å². The van der Waals surface area contributed by atoms with E-state index in [0.717, 1.165) is 18.9 Å². The second kappa shape index (κ2) is 9.28. The van der Waals surface area contributed by atoms with E-state index in [1.807, 2.05) is 0 Å². The number of nitrogens with two attached hydrogens (primary N) is 1. The van der Waals surface area contributed by atoms with Gasteiger partial charge in [0.05, 0.1) is 0 Å². The smallest absolute Gasteiger partial charge is 0.205 e. The van der Waals surface area contributed by atoms with Crippen LogP contribution in [-0.2, 0) is 0 Å². The molecule has 1 aliphatic carbocycles. The summed E-state index contributed by atoms with van der Waals surface area (Å²) in [6.07, 6.45) is 11.5. The number of hydrogen-bond acceptors (Lipinski definition) is 2. The van der Waals surface area contributed by atoms with Crippen LogP contribution in [0.15, 0.2) is 4.99 Å². The highest BCUT2D eigenvalue weighted by atomic mass is 15.3. The van der Waals surface area contributed by atoms with Crippen LogP contribution in [0.5, 0.6) is 0 Å². The zero-order valence-corrected chi connectivity index (χ0v) is 11.2. The summed E-state index contributed by atoms with van der Waals surface area (Å²) in [7, 11) is 0. The zero-order valence-electron chi connectivity index (χ0n) is 11.2. The Balaban J connectivity index is 2.18.